The number of benzene rings is 2. The molecule has 2 aromatic carbocycles. The number of fused-ring (bicyclic) bond motifs is 1. The molecule has 0 spiro atoms. The number of rotatable bonds is 8. The van der Waals surface area contributed by atoms with E-state index in [2.05, 4.69) is 21.6 Å². The van der Waals surface area contributed by atoms with Gasteiger partial charge in [-0.2, -0.15) is 8.78 Å². The zero-order chi connectivity index (χ0) is 21.7. The van der Waals surface area contributed by atoms with Crippen LogP contribution in [0.1, 0.15) is 0 Å². The Bertz CT molecular complexity index is 1140. The molecule has 0 atom stereocenters. The summed E-state index contributed by atoms with van der Waals surface area (Å²) in [5, 5.41) is 3.86. The molecule has 156 valence electrons. The number of thioether (sulfide) groups is 1. The predicted octanol–water partition coefficient (Wildman–Crippen LogP) is 4.57. The van der Waals surface area contributed by atoms with Gasteiger partial charge in [-0.15, -0.1) is 6.58 Å². The first-order chi connectivity index (χ1) is 14.4. The van der Waals surface area contributed by atoms with Crippen LogP contribution in [0, 0.1) is 0 Å². The Balaban J connectivity index is 1.74. The smallest absolute Gasteiger partial charge is 0.387 e. The van der Waals surface area contributed by atoms with E-state index in [0.717, 1.165) is 11.8 Å². The van der Waals surface area contributed by atoms with Crippen LogP contribution in [0.3, 0.4) is 0 Å². The lowest BCUT2D eigenvalue weighted by molar-refractivity contribution is -0.113. The van der Waals surface area contributed by atoms with Gasteiger partial charge in [-0.1, -0.05) is 29.4 Å². The highest BCUT2D eigenvalue weighted by Gasteiger charge is 2.13. The van der Waals surface area contributed by atoms with Gasteiger partial charge in [0.15, 0.2) is 5.16 Å². The summed E-state index contributed by atoms with van der Waals surface area (Å²) < 4.78 is 30.1. The molecule has 0 aliphatic heterocycles. The molecule has 3 rings (SSSR count). The minimum atomic E-state index is -2.92. The number of alkyl halides is 2. The van der Waals surface area contributed by atoms with Crippen molar-refractivity contribution in [2.45, 2.75) is 18.3 Å². The number of carbonyl (C=O) groups is 1. The molecule has 0 bridgehead atoms. The van der Waals surface area contributed by atoms with Crippen LogP contribution >= 0.6 is 23.4 Å². The lowest BCUT2D eigenvalue weighted by atomic mass is 10.2. The lowest BCUT2D eigenvalue weighted by Crippen LogP contribution is -2.23. The maximum absolute atomic E-state index is 12.7. The number of aromatic nitrogens is 2. The van der Waals surface area contributed by atoms with Crippen LogP contribution in [-0.2, 0) is 11.3 Å². The minimum absolute atomic E-state index is 0.00941. The molecule has 6 nitrogen and oxygen atoms in total. The van der Waals surface area contributed by atoms with E-state index in [4.69, 9.17) is 11.6 Å². The summed E-state index contributed by atoms with van der Waals surface area (Å²) in [6, 6.07) is 10.4. The number of ether oxygens (including phenoxy) is 1. The van der Waals surface area contributed by atoms with E-state index in [9.17, 15) is 18.4 Å². The topological polar surface area (TPSA) is 73.2 Å². The number of allylic oxidation sites excluding steroid dienone is 1. The number of anilines is 1. The standard InChI is InChI=1S/C20H16ClF2N3O3S/c1-2-9-26-18(28)15-8-3-12(21)10-16(15)25-20(26)30-11-17(27)24-13-4-6-14(7-5-13)29-19(22)23/h2-8,10,19H,1,9,11H2,(H,24,27). The van der Waals surface area contributed by atoms with Gasteiger partial charge in [0.2, 0.25) is 5.91 Å². The monoisotopic (exact) mass is 451 g/mol. The molecule has 30 heavy (non-hydrogen) atoms. The minimum Gasteiger partial charge on any atom is -0.435 e. The largest absolute Gasteiger partial charge is 0.435 e. The Morgan fingerprint density at radius 2 is 2.03 bits per heavy atom. The van der Waals surface area contributed by atoms with E-state index >= 15 is 0 Å². The molecule has 0 aliphatic carbocycles. The van der Waals surface area contributed by atoms with Crippen molar-refractivity contribution in [3.8, 4) is 5.75 Å². The highest BCUT2D eigenvalue weighted by molar-refractivity contribution is 7.99. The van der Waals surface area contributed by atoms with Crippen molar-refractivity contribution >= 4 is 45.9 Å². The molecule has 1 heterocycles. The van der Waals surface area contributed by atoms with Gasteiger partial charge in [-0.05, 0) is 42.5 Å². The fraction of sp³-hybridized carbons (Fsp3) is 0.150. The number of amides is 1. The molecule has 0 unspecified atom stereocenters. The third-order valence-corrected chi connectivity index (χ3v) is 5.10. The first-order valence-corrected chi connectivity index (χ1v) is 10.0. The van der Waals surface area contributed by atoms with Crippen molar-refractivity contribution < 1.29 is 18.3 Å². The molecule has 1 N–H and O–H groups in total. The zero-order valence-electron chi connectivity index (χ0n) is 15.5. The number of carbonyl (C=O) groups excluding carboxylic acids is 1. The second kappa shape index (κ2) is 9.73. The van der Waals surface area contributed by atoms with Crippen molar-refractivity contribution in [1.29, 1.82) is 0 Å². The summed E-state index contributed by atoms with van der Waals surface area (Å²) in [7, 11) is 0. The number of hydrogen-bond acceptors (Lipinski definition) is 5. The molecule has 0 saturated carbocycles. The van der Waals surface area contributed by atoms with Crippen LogP contribution in [0.5, 0.6) is 5.75 Å². The Morgan fingerprint density at radius 1 is 1.30 bits per heavy atom. The third kappa shape index (κ3) is 5.37. The molecular weight excluding hydrogens is 436 g/mol. The van der Waals surface area contributed by atoms with Gasteiger partial charge in [0, 0.05) is 17.3 Å². The Kier molecular flexibility index (Phi) is 7.07. The maximum Gasteiger partial charge on any atom is 0.387 e. The van der Waals surface area contributed by atoms with Crippen molar-refractivity contribution in [3.05, 3.63) is 70.5 Å². The third-order valence-electron chi connectivity index (χ3n) is 3.89. The number of nitrogens with one attached hydrogen (secondary N) is 1. The number of nitrogens with zero attached hydrogens (tertiary/aromatic N) is 2. The predicted molar refractivity (Wildman–Crippen MR) is 114 cm³/mol. The molecule has 0 fully saturated rings. The molecule has 1 aromatic heterocycles. The molecule has 1 amide bonds. The second-order valence-electron chi connectivity index (χ2n) is 6.00. The highest BCUT2D eigenvalue weighted by atomic mass is 35.5. The highest BCUT2D eigenvalue weighted by Crippen LogP contribution is 2.22. The fourth-order valence-corrected chi connectivity index (χ4v) is 3.60. The summed E-state index contributed by atoms with van der Waals surface area (Å²) in [4.78, 5) is 29.5. The molecule has 3 aromatic rings. The van der Waals surface area contributed by atoms with Crippen molar-refractivity contribution in [3.63, 3.8) is 0 Å². The van der Waals surface area contributed by atoms with Crippen molar-refractivity contribution in [2.24, 2.45) is 0 Å². The van der Waals surface area contributed by atoms with Crippen molar-refractivity contribution in [1.82, 2.24) is 9.55 Å². The van der Waals surface area contributed by atoms with Crippen LogP contribution in [0.15, 0.2) is 65.1 Å². The Hall–Kier alpha value is -2.91. The summed E-state index contributed by atoms with van der Waals surface area (Å²) in [6.45, 7) is 0.973. The first-order valence-electron chi connectivity index (χ1n) is 8.66. The van der Waals surface area contributed by atoms with Crippen LogP contribution in [0.4, 0.5) is 14.5 Å². The molecule has 0 radical (unpaired) electrons. The summed E-state index contributed by atoms with van der Waals surface area (Å²) in [5.74, 6) is -0.386. The quantitative estimate of drug-likeness (QED) is 0.308. The molecule has 0 aliphatic rings. The van der Waals surface area contributed by atoms with E-state index in [-0.39, 0.29) is 29.5 Å². The SMILES string of the molecule is C=CCn1c(SCC(=O)Nc2ccc(OC(F)F)cc2)nc2cc(Cl)ccc2c1=O. The zero-order valence-corrected chi connectivity index (χ0v) is 17.1. The first kappa shape index (κ1) is 21.8. The molecule has 10 heteroatoms. The van der Waals surface area contributed by atoms with Gasteiger partial charge in [0.1, 0.15) is 5.75 Å². The molecular formula is C20H16ClF2N3O3S. The van der Waals surface area contributed by atoms with Gasteiger partial charge in [0.25, 0.3) is 5.56 Å². The van der Waals surface area contributed by atoms with Gasteiger partial charge in [-0.3, -0.25) is 14.2 Å². The second-order valence-corrected chi connectivity index (χ2v) is 7.38. The van der Waals surface area contributed by atoms with Crippen LogP contribution in [-0.4, -0.2) is 27.8 Å². The van der Waals surface area contributed by atoms with Gasteiger partial charge >= 0.3 is 6.61 Å². The number of hydrogen-bond donors (Lipinski definition) is 1. The van der Waals surface area contributed by atoms with Crippen LogP contribution in [0.25, 0.3) is 10.9 Å². The summed E-state index contributed by atoms with van der Waals surface area (Å²) in [6.07, 6.45) is 1.57. The van der Waals surface area contributed by atoms with Crippen LogP contribution in [0.2, 0.25) is 5.02 Å². The Morgan fingerprint density at radius 3 is 2.70 bits per heavy atom. The van der Waals surface area contributed by atoms with E-state index in [0.29, 0.717) is 26.8 Å². The van der Waals surface area contributed by atoms with E-state index in [1.165, 1.54) is 28.8 Å². The van der Waals surface area contributed by atoms with E-state index in [1.807, 2.05) is 0 Å². The van der Waals surface area contributed by atoms with Gasteiger partial charge in [0.05, 0.1) is 16.7 Å². The normalized spacial score (nSPS) is 10.9. The van der Waals surface area contributed by atoms with Crippen LogP contribution < -0.4 is 15.6 Å². The Labute approximate surface area is 179 Å². The lowest BCUT2D eigenvalue weighted by Gasteiger charge is -2.12. The average Bonchev–Trinajstić information content (AvgIpc) is 2.70. The van der Waals surface area contributed by atoms with E-state index < -0.39 is 6.61 Å². The maximum atomic E-state index is 12.7. The van der Waals surface area contributed by atoms with E-state index in [1.54, 1.807) is 24.3 Å². The van der Waals surface area contributed by atoms with Gasteiger partial charge in [-0.25, -0.2) is 4.98 Å². The average molecular weight is 452 g/mol. The summed E-state index contributed by atoms with van der Waals surface area (Å²) >= 11 is 7.08. The van der Waals surface area contributed by atoms with Crippen molar-refractivity contribution in [2.75, 3.05) is 11.1 Å². The summed E-state index contributed by atoms with van der Waals surface area (Å²) in [5.41, 5.74) is 0.600. The molecule has 0 saturated heterocycles. The number of halogens is 3. The van der Waals surface area contributed by atoms with Gasteiger partial charge < -0.3 is 10.1 Å². The fourth-order valence-electron chi connectivity index (χ4n) is 2.62.